The molecule has 0 saturated carbocycles. The number of thiol groups is 1. The van der Waals surface area contributed by atoms with Gasteiger partial charge in [0.2, 0.25) is 0 Å². The summed E-state index contributed by atoms with van der Waals surface area (Å²) in [5.41, 5.74) is 3.71. The van der Waals surface area contributed by atoms with Crippen LogP contribution in [0.15, 0.2) is 59.8 Å². The van der Waals surface area contributed by atoms with Crippen molar-refractivity contribution in [1.29, 1.82) is 5.26 Å². The van der Waals surface area contributed by atoms with Crippen LogP contribution in [0.1, 0.15) is 5.56 Å². The van der Waals surface area contributed by atoms with Crippen molar-refractivity contribution in [3.05, 3.63) is 60.3 Å². The standard InChI is InChI=1S/C19H13N3S/c1-22-18-16(7-4-10-21-18)17(19(22)23)15-9-8-12(11-20)13-5-2-3-6-14(13)15/h2-10,23H,1H3. The number of aryl methyl sites for hydroxylation is 1. The summed E-state index contributed by atoms with van der Waals surface area (Å²) in [5.74, 6) is 0. The first kappa shape index (κ1) is 13.9. The second-order valence-corrected chi connectivity index (χ2v) is 5.87. The minimum atomic E-state index is 0.684. The third kappa shape index (κ3) is 1.94. The minimum Gasteiger partial charge on any atom is -0.323 e. The van der Waals surface area contributed by atoms with Crippen LogP contribution in [0.5, 0.6) is 0 Å². The Labute approximate surface area is 139 Å². The highest BCUT2D eigenvalue weighted by Gasteiger charge is 2.17. The van der Waals surface area contributed by atoms with E-state index < -0.39 is 0 Å². The predicted octanol–water partition coefficient (Wildman–Crippen LogP) is 4.55. The number of pyridine rings is 1. The van der Waals surface area contributed by atoms with Crippen molar-refractivity contribution in [3.8, 4) is 17.2 Å². The molecule has 0 aliphatic rings. The topological polar surface area (TPSA) is 41.6 Å². The molecule has 0 atom stereocenters. The Kier molecular flexibility index (Phi) is 3.10. The Morgan fingerprint density at radius 2 is 1.74 bits per heavy atom. The van der Waals surface area contributed by atoms with Crippen LogP contribution in [0.25, 0.3) is 32.9 Å². The van der Waals surface area contributed by atoms with Gasteiger partial charge in [-0.1, -0.05) is 30.3 Å². The van der Waals surface area contributed by atoms with E-state index in [1.807, 2.05) is 54.1 Å². The number of aromatic nitrogens is 2. The van der Waals surface area contributed by atoms with Gasteiger partial charge in [-0.15, -0.1) is 12.6 Å². The summed E-state index contributed by atoms with van der Waals surface area (Å²) < 4.78 is 1.99. The first-order valence-electron chi connectivity index (χ1n) is 7.27. The molecule has 0 unspecified atom stereocenters. The van der Waals surface area contributed by atoms with Crippen molar-refractivity contribution in [1.82, 2.24) is 9.55 Å². The van der Waals surface area contributed by atoms with E-state index in [1.54, 1.807) is 6.20 Å². The van der Waals surface area contributed by atoms with Crippen molar-refractivity contribution in [2.45, 2.75) is 5.03 Å². The van der Waals surface area contributed by atoms with Gasteiger partial charge < -0.3 is 4.57 Å². The number of hydrogen-bond donors (Lipinski definition) is 1. The molecule has 2 aromatic heterocycles. The summed E-state index contributed by atoms with van der Waals surface area (Å²) in [7, 11) is 1.97. The molecule has 110 valence electrons. The molecule has 0 aliphatic carbocycles. The lowest BCUT2D eigenvalue weighted by Gasteiger charge is -2.08. The fourth-order valence-corrected chi connectivity index (χ4v) is 3.46. The van der Waals surface area contributed by atoms with E-state index in [9.17, 15) is 5.26 Å². The van der Waals surface area contributed by atoms with E-state index in [4.69, 9.17) is 12.6 Å². The van der Waals surface area contributed by atoms with Crippen molar-refractivity contribution in [2.24, 2.45) is 7.05 Å². The van der Waals surface area contributed by atoms with Crippen LogP contribution in [0, 0.1) is 11.3 Å². The third-order valence-corrected chi connectivity index (χ3v) is 4.75. The Bertz CT molecular complexity index is 1100. The largest absolute Gasteiger partial charge is 0.323 e. The van der Waals surface area contributed by atoms with Crippen LogP contribution >= 0.6 is 12.6 Å². The molecule has 0 bridgehead atoms. The van der Waals surface area contributed by atoms with Gasteiger partial charge >= 0.3 is 0 Å². The molecule has 0 radical (unpaired) electrons. The lowest BCUT2D eigenvalue weighted by molar-refractivity contribution is 0.854. The fraction of sp³-hybridized carbons (Fsp3) is 0.0526. The maximum Gasteiger partial charge on any atom is 0.141 e. The lowest BCUT2D eigenvalue weighted by Crippen LogP contribution is -1.89. The number of hydrogen-bond acceptors (Lipinski definition) is 3. The van der Waals surface area contributed by atoms with E-state index in [0.717, 1.165) is 38.0 Å². The summed E-state index contributed by atoms with van der Waals surface area (Å²) >= 11 is 4.71. The molecule has 4 heteroatoms. The van der Waals surface area contributed by atoms with E-state index in [2.05, 4.69) is 17.1 Å². The summed E-state index contributed by atoms with van der Waals surface area (Å²) in [5, 5.41) is 13.3. The molecule has 3 nitrogen and oxygen atoms in total. The maximum atomic E-state index is 9.35. The Balaban J connectivity index is 2.17. The molecule has 0 fully saturated rings. The summed E-state index contributed by atoms with van der Waals surface area (Å²) in [6.07, 6.45) is 1.79. The maximum absolute atomic E-state index is 9.35. The molecular weight excluding hydrogens is 302 g/mol. The van der Waals surface area contributed by atoms with Gasteiger partial charge in [0, 0.05) is 29.6 Å². The van der Waals surface area contributed by atoms with Crippen LogP contribution in [-0.2, 0) is 7.05 Å². The van der Waals surface area contributed by atoms with Gasteiger partial charge in [0.1, 0.15) is 5.65 Å². The highest BCUT2D eigenvalue weighted by molar-refractivity contribution is 7.80. The normalized spacial score (nSPS) is 11.0. The quantitative estimate of drug-likeness (QED) is 0.523. The molecule has 0 saturated heterocycles. The minimum absolute atomic E-state index is 0.684. The SMILES string of the molecule is Cn1c(S)c(-c2ccc(C#N)c3ccccc23)c2cccnc21. The fourth-order valence-electron chi connectivity index (χ4n) is 3.13. The van der Waals surface area contributed by atoms with E-state index in [-0.39, 0.29) is 0 Å². The van der Waals surface area contributed by atoms with Crippen LogP contribution in [0.2, 0.25) is 0 Å². The molecule has 4 aromatic rings. The van der Waals surface area contributed by atoms with Crippen molar-refractivity contribution in [2.75, 3.05) is 0 Å². The second-order valence-electron chi connectivity index (χ2n) is 5.45. The molecule has 4 rings (SSSR count). The van der Waals surface area contributed by atoms with Crippen molar-refractivity contribution in [3.63, 3.8) is 0 Å². The average molecular weight is 315 g/mol. The molecule has 23 heavy (non-hydrogen) atoms. The van der Waals surface area contributed by atoms with E-state index in [0.29, 0.717) is 5.56 Å². The van der Waals surface area contributed by atoms with E-state index in [1.165, 1.54) is 0 Å². The van der Waals surface area contributed by atoms with E-state index >= 15 is 0 Å². The van der Waals surface area contributed by atoms with Gasteiger partial charge in [-0.2, -0.15) is 5.26 Å². The third-order valence-electron chi connectivity index (χ3n) is 4.23. The van der Waals surface area contributed by atoms with Crippen LogP contribution in [0.3, 0.4) is 0 Å². The smallest absolute Gasteiger partial charge is 0.141 e. The summed E-state index contributed by atoms with van der Waals surface area (Å²) in [4.78, 5) is 4.46. The molecule has 2 aromatic carbocycles. The Morgan fingerprint density at radius 1 is 1.00 bits per heavy atom. The predicted molar refractivity (Wildman–Crippen MR) is 95.6 cm³/mol. The average Bonchev–Trinajstić information content (AvgIpc) is 2.85. The summed E-state index contributed by atoms with van der Waals surface area (Å²) in [6, 6.07) is 18.1. The number of nitriles is 1. The number of fused-ring (bicyclic) bond motifs is 2. The first-order chi connectivity index (χ1) is 11.2. The highest BCUT2D eigenvalue weighted by Crippen LogP contribution is 2.39. The first-order valence-corrected chi connectivity index (χ1v) is 7.71. The van der Waals surface area contributed by atoms with Gasteiger partial charge in [0.05, 0.1) is 16.7 Å². The zero-order valence-electron chi connectivity index (χ0n) is 12.5. The van der Waals surface area contributed by atoms with Gasteiger partial charge in [0.15, 0.2) is 0 Å². The zero-order valence-corrected chi connectivity index (χ0v) is 13.4. The Hall–Kier alpha value is -2.77. The van der Waals surface area contributed by atoms with Crippen LogP contribution in [0.4, 0.5) is 0 Å². The van der Waals surface area contributed by atoms with Gasteiger partial charge in [-0.05, 0) is 29.1 Å². The molecule has 0 amide bonds. The lowest BCUT2D eigenvalue weighted by atomic mass is 9.95. The van der Waals surface area contributed by atoms with Crippen molar-refractivity contribution < 1.29 is 0 Å². The number of benzene rings is 2. The molecule has 2 heterocycles. The second kappa shape index (κ2) is 5.15. The molecule has 0 N–H and O–H groups in total. The molecule has 0 aliphatic heterocycles. The Morgan fingerprint density at radius 3 is 2.52 bits per heavy atom. The number of nitrogens with zero attached hydrogens (tertiary/aromatic N) is 3. The molecular formula is C19H13N3S. The van der Waals surface area contributed by atoms with Gasteiger partial charge in [0.25, 0.3) is 0 Å². The highest BCUT2D eigenvalue weighted by atomic mass is 32.1. The monoisotopic (exact) mass is 315 g/mol. The zero-order chi connectivity index (χ0) is 16.0. The van der Waals surface area contributed by atoms with Crippen molar-refractivity contribution >= 4 is 34.4 Å². The van der Waals surface area contributed by atoms with Gasteiger partial charge in [-0.25, -0.2) is 4.98 Å². The summed E-state index contributed by atoms with van der Waals surface area (Å²) in [6.45, 7) is 0. The van der Waals surface area contributed by atoms with Crippen LogP contribution < -0.4 is 0 Å². The number of rotatable bonds is 1. The van der Waals surface area contributed by atoms with Gasteiger partial charge in [-0.3, -0.25) is 0 Å². The molecule has 0 spiro atoms. The van der Waals surface area contributed by atoms with Crippen LogP contribution in [-0.4, -0.2) is 9.55 Å².